The summed E-state index contributed by atoms with van der Waals surface area (Å²) in [7, 11) is 0. The second kappa shape index (κ2) is 13.4. The maximum Gasteiger partial charge on any atom is 0.309 e. The molecule has 0 unspecified atom stereocenters. The summed E-state index contributed by atoms with van der Waals surface area (Å²) in [4.78, 5) is 32.7. The fraction of sp³-hybridized carbons (Fsp3) is 0.722. The molecule has 2 N–H and O–H groups in total. The highest BCUT2D eigenvalue weighted by molar-refractivity contribution is 5.67. The fourth-order valence-electron chi connectivity index (χ4n) is 2.76. The van der Waals surface area contributed by atoms with E-state index in [9.17, 15) is 19.5 Å². The minimum absolute atomic E-state index is 0.118. The molecule has 0 amide bonds. The van der Waals surface area contributed by atoms with Gasteiger partial charge in [-0.05, 0) is 12.8 Å². The van der Waals surface area contributed by atoms with E-state index in [2.05, 4.69) is 13.0 Å². The Labute approximate surface area is 149 Å². The van der Waals surface area contributed by atoms with Crippen LogP contribution in [0.1, 0.15) is 58.3 Å². The number of rotatable bonds is 16. The first-order chi connectivity index (χ1) is 11.8. The van der Waals surface area contributed by atoms with Crippen molar-refractivity contribution in [3.8, 4) is 0 Å². The minimum Gasteiger partial charge on any atom is -0.550 e. The lowest BCUT2D eigenvalue weighted by molar-refractivity contribution is -0.926. The van der Waals surface area contributed by atoms with Crippen LogP contribution in [0.15, 0.2) is 12.2 Å². The van der Waals surface area contributed by atoms with Crippen LogP contribution >= 0.6 is 0 Å². The van der Waals surface area contributed by atoms with Crippen molar-refractivity contribution in [2.45, 2.75) is 58.3 Å². The molecule has 0 aliphatic carbocycles. The highest BCUT2D eigenvalue weighted by Gasteiger charge is 2.28. The summed E-state index contributed by atoms with van der Waals surface area (Å²) in [5.41, 5.74) is 0. The van der Waals surface area contributed by atoms with Gasteiger partial charge in [-0.25, -0.2) is 0 Å². The summed E-state index contributed by atoms with van der Waals surface area (Å²) >= 11 is 0. The zero-order valence-corrected chi connectivity index (χ0v) is 15.1. The third-order valence-corrected chi connectivity index (χ3v) is 4.30. The zero-order valence-electron chi connectivity index (χ0n) is 15.1. The van der Waals surface area contributed by atoms with Gasteiger partial charge in [0, 0.05) is 18.8 Å². The number of carbonyl (C=O) groups excluding carboxylic acids is 1. The molecule has 0 bridgehead atoms. The molecule has 0 rings (SSSR count). The van der Waals surface area contributed by atoms with Crippen LogP contribution in [0, 0.1) is 0 Å². The van der Waals surface area contributed by atoms with Crippen molar-refractivity contribution in [2.75, 3.05) is 26.2 Å². The van der Waals surface area contributed by atoms with E-state index >= 15 is 0 Å². The molecular formula is C18H31NO6. The SMILES string of the molecule is CCCCC/C=C/CC[N+](CCC(=O)[O-])(CCC(=O)O)CCC(=O)O. The second-order valence-corrected chi connectivity index (χ2v) is 6.40. The third-order valence-electron chi connectivity index (χ3n) is 4.30. The molecule has 0 aliphatic rings. The molecule has 0 spiro atoms. The number of carboxylic acid groups (broad SMARTS) is 3. The first-order valence-corrected chi connectivity index (χ1v) is 8.95. The summed E-state index contributed by atoms with van der Waals surface area (Å²) in [6.07, 6.45) is 8.75. The first kappa shape index (κ1) is 23.1. The van der Waals surface area contributed by atoms with Crippen LogP contribution in [0.25, 0.3) is 0 Å². The molecule has 0 aromatic carbocycles. The van der Waals surface area contributed by atoms with Crippen LogP contribution < -0.4 is 5.11 Å². The lowest BCUT2D eigenvalue weighted by atomic mass is 10.1. The first-order valence-electron chi connectivity index (χ1n) is 8.95. The fourth-order valence-corrected chi connectivity index (χ4v) is 2.76. The van der Waals surface area contributed by atoms with Crippen molar-refractivity contribution in [3.63, 3.8) is 0 Å². The smallest absolute Gasteiger partial charge is 0.309 e. The number of aliphatic carboxylic acids is 3. The van der Waals surface area contributed by atoms with Crippen molar-refractivity contribution < 1.29 is 34.2 Å². The summed E-state index contributed by atoms with van der Waals surface area (Å²) in [5.74, 6) is -3.15. The van der Waals surface area contributed by atoms with Gasteiger partial charge in [0.1, 0.15) is 0 Å². The van der Waals surface area contributed by atoms with E-state index in [4.69, 9.17) is 10.2 Å². The van der Waals surface area contributed by atoms with Gasteiger partial charge in [0.25, 0.3) is 0 Å². The third kappa shape index (κ3) is 13.1. The summed E-state index contributed by atoms with van der Waals surface area (Å²) in [5, 5.41) is 28.7. The maximum absolute atomic E-state index is 10.9. The zero-order chi connectivity index (χ0) is 19.1. The van der Waals surface area contributed by atoms with Crippen molar-refractivity contribution in [1.29, 1.82) is 0 Å². The molecule has 0 aliphatic heterocycles. The van der Waals surface area contributed by atoms with E-state index in [0.29, 0.717) is 13.0 Å². The number of nitrogens with zero attached hydrogens (tertiary/aromatic N) is 1. The summed E-state index contributed by atoms with van der Waals surface area (Å²) < 4.78 is 0.173. The quantitative estimate of drug-likeness (QED) is 0.245. The summed E-state index contributed by atoms with van der Waals surface area (Å²) in [6.45, 7) is 3.29. The van der Waals surface area contributed by atoms with E-state index in [1.807, 2.05) is 6.08 Å². The predicted octanol–water partition coefficient (Wildman–Crippen LogP) is 1.42. The van der Waals surface area contributed by atoms with Crippen LogP contribution in [0.4, 0.5) is 0 Å². The average molecular weight is 357 g/mol. The van der Waals surface area contributed by atoms with E-state index < -0.39 is 17.9 Å². The number of carbonyl (C=O) groups is 3. The lowest BCUT2D eigenvalue weighted by Crippen LogP contribution is -2.52. The highest BCUT2D eigenvalue weighted by Crippen LogP contribution is 2.14. The van der Waals surface area contributed by atoms with Gasteiger partial charge in [0.2, 0.25) is 0 Å². The van der Waals surface area contributed by atoms with Crippen molar-refractivity contribution in [2.24, 2.45) is 0 Å². The Morgan fingerprint density at radius 1 is 0.840 bits per heavy atom. The molecule has 25 heavy (non-hydrogen) atoms. The molecule has 0 heterocycles. The van der Waals surface area contributed by atoms with Gasteiger partial charge in [-0.3, -0.25) is 9.59 Å². The van der Waals surface area contributed by atoms with Crippen molar-refractivity contribution in [3.05, 3.63) is 12.2 Å². The molecule has 7 heteroatoms. The molecule has 0 fully saturated rings. The lowest BCUT2D eigenvalue weighted by Gasteiger charge is -2.38. The standard InChI is InChI=1S/C18H31NO6/c1-2-3-4-5-6-7-8-12-19(13-9-16(20)21,14-10-17(22)23)15-11-18(24)25/h6-7H,2-5,8-15H2,1H3,(H2-,20,21,22,23,24,25)/b7-6+. The van der Waals surface area contributed by atoms with Gasteiger partial charge >= 0.3 is 11.9 Å². The topological polar surface area (TPSA) is 115 Å². The van der Waals surface area contributed by atoms with Gasteiger partial charge in [0.05, 0.1) is 39.0 Å². The highest BCUT2D eigenvalue weighted by atomic mass is 16.4. The average Bonchev–Trinajstić information content (AvgIpc) is 2.54. The summed E-state index contributed by atoms with van der Waals surface area (Å²) in [6, 6.07) is 0. The van der Waals surface area contributed by atoms with E-state index in [1.54, 1.807) is 0 Å². The number of hydrogen-bond acceptors (Lipinski definition) is 4. The van der Waals surface area contributed by atoms with Gasteiger partial charge in [-0.1, -0.05) is 31.9 Å². The molecular weight excluding hydrogens is 326 g/mol. The number of hydrogen-bond donors (Lipinski definition) is 2. The van der Waals surface area contributed by atoms with Gasteiger partial charge in [-0.15, -0.1) is 0 Å². The van der Waals surface area contributed by atoms with Gasteiger partial charge in [0.15, 0.2) is 0 Å². The Morgan fingerprint density at radius 2 is 1.36 bits per heavy atom. The normalized spacial score (nSPS) is 11.7. The number of allylic oxidation sites excluding steroid dienone is 1. The molecule has 0 radical (unpaired) electrons. The Bertz CT molecular complexity index is 401. The Kier molecular flexibility index (Phi) is 12.4. The molecule has 0 aromatic rings. The maximum atomic E-state index is 10.9. The van der Waals surface area contributed by atoms with Crippen molar-refractivity contribution in [1.82, 2.24) is 0 Å². The number of quaternary nitrogens is 1. The molecule has 0 aromatic heterocycles. The monoisotopic (exact) mass is 357 g/mol. The van der Waals surface area contributed by atoms with Crippen LogP contribution in [-0.4, -0.2) is 58.8 Å². The van der Waals surface area contributed by atoms with E-state index in [-0.39, 0.29) is 43.4 Å². The number of unbranched alkanes of at least 4 members (excludes halogenated alkanes) is 3. The van der Waals surface area contributed by atoms with E-state index in [1.165, 1.54) is 6.42 Å². The van der Waals surface area contributed by atoms with Gasteiger partial charge in [-0.2, -0.15) is 0 Å². The minimum atomic E-state index is -1.21. The molecule has 0 saturated heterocycles. The van der Waals surface area contributed by atoms with Crippen LogP contribution in [0.3, 0.4) is 0 Å². The van der Waals surface area contributed by atoms with Crippen LogP contribution in [-0.2, 0) is 14.4 Å². The molecule has 7 nitrogen and oxygen atoms in total. The largest absolute Gasteiger partial charge is 0.550 e. The Morgan fingerprint density at radius 3 is 1.84 bits per heavy atom. The Balaban J connectivity index is 4.84. The van der Waals surface area contributed by atoms with E-state index in [0.717, 1.165) is 19.3 Å². The predicted molar refractivity (Wildman–Crippen MR) is 91.8 cm³/mol. The molecule has 144 valence electrons. The Hall–Kier alpha value is -1.89. The molecule has 0 atom stereocenters. The van der Waals surface area contributed by atoms with Gasteiger partial charge < -0.3 is 24.6 Å². The molecule has 0 saturated carbocycles. The van der Waals surface area contributed by atoms with Crippen molar-refractivity contribution >= 4 is 17.9 Å². The van der Waals surface area contributed by atoms with Crippen LogP contribution in [0.5, 0.6) is 0 Å². The number of carboxylic acids is 3. The van der Waals surface area contributed by atoms with Crippen LogP contribution in [0.2, 0.25) is 0 Å². The second-order valence-electron chi connectivity index (χ2n) is 6.40.